The zero-order valence-electron chi connectivity index (χ0n) is 6.29. The van der Waals surface area contributed by atoms with E-state index in [2.05, 4.69) is 0 Å². The molecule has 60 valence electrons. The topological polar surface area (TPSA) is 55.5 Å². The van der Waals surface area contributed by atoms with E-state index in [9.17, 15) is 0 Å². The van der Waals surface area contributed by atoms with Gasteiger partial charge in [-0.15, -0.1) is 0 Å². The monoisotopic (exact) mass is 145 g/mol. The second-order valence-electron chi connectivity index (χ2n) is 2.95. The van der Waals surface area contributed by atoms with E-state index >= 15 is 0 Å². The molecule has 0 aromatic rings. The highest BCUT2D eigenvalue weighted by atomic mass is 16.5. The Bertz CT molecular complexity index is 97.8. The number of hydrogen-bond donors (Lipinski definition) is 2. The summed E-state index contributed by atoms with van der Waals surface area (Å²) in [6, 6.07) is 0.176. The Morgan fingerprint density at radius 1 is 1.60 bits per heavy atom. The smallest absolute Gasteiger partial charge is 0.0832 e. The van der Waals surface area contributed by atoms with Crippen molar-refractivity contribution in [2.45, 2.75) is 38.0 Å². The maximum atomic E-state index is 9.10. The van der Waals surface area contributed by atoms with E-state index in [1.165, 1.54) is 0 Å². The van der Waals surface area contributed by atoms with Gasteiger partial charge in [0.1, 0.15) is 0 Å². The normalized spacial score (nSPS) is 37.5. The Hall–Kier alpha value is -0.120. The maximum absolute atomic E-state index is 9.10. The van der Waals surface area contributed by atoms with E-state index in [0.29, 0.717) is 6.61 Å². The van der Waals surface area contributed by atoms with Gasteiger partial charge in [0.15, 0.2) is 0 Å². The van der Waals surface area contributed by atoms with Crippen molar-refractivity contribution in [1.29, 1.82) is 0 Å². The van der Waals surface area contributed by atoms with Crippen LogP contribution in [0.15, 0.2) is 0 Å². The van der Waals surface area contributed by atoms with E-state index < -0.39 is 0 Å². The van der Waals surface area contributed by atoms with Crippen molar-refractivity contribution in [1.82, 2.24) is 0 Å². The van der Waals surface area contributed by atoms with Crippen LogP contribution in [0.4, 0.5) is 0 Å². The van der Waals surface area contributed by atoms with Gasteiger partial charge in [0.2, 0.25) is 0 Å². The molecule has 3 atom stereocenters. The minimum absolute atomic E-state index is 0.0137. The zero-order chi connectivity index (χ0) is 7.56. The third-order valence-corrected chi connectivity index (χ3v) is 1.88. The summed E-state index contributed by atoms with van der Waals surface area (Å²) < 4.78 is 5.28. The Morgan fingerprint density at radius 2 is 2.30 bits per heavy atom. The lowest BCUT2D eigenvalue weighted by Crippen LogP contribution is -2.39. The van der Waals surface area contributed by atoms with Gasteiger partial charge in [-0.1, -0.05) is 0 Å². The minimum Gasteiger partial charge on any atom is -0.391 e. The first-order valence-electron chi connectivity index (χ1n) is 3.75. The first-order valence-corrected chi connectivity index (χ1v) is 3.75. The van der Waals surface area contributed by atoms with Gasteiger partial charge in [0, 0.05) is 6.04 Å². The standard InChI is InChI=1S/C7H15NO2/c1-5(9)7-3-2-6(8)4-10-7/h5-7,9H,2-4,8H2,1H3/t5-,6-,7+/m1/s1. The summed E-state index contributed by atoms with van der Waals surface area (Å²) in [5, 5.41) is 9.10. The van der Waals surface area contributed by atoms with Crippen molar-refractivity contribution in [3.05, 3.63) is 0 Å². The van der Waals surface area contributed by atoms with E-state index in [1.807, 2.05) is 0 Å². The Kier molecular flexibility index (Phi) is 2.65. The minimum atomic E-state index is -0.354. The molecule has 1 saturated heterocycles. The molecule has 0 aromatic heterocycles. The number of aliphatic hydroxyl groups is 1. The number of ether oxygens (including phenoxy) is 1. The first kappa shape index (κ1) is 7.98. The Labute approximate surface area is 61.2 Å². The van der Waals surface area contributed by atoms with Crippen molar-refractivity contribution >= 4 is 0 Å². The molecule has 0 bridgehead atoms. The molecule has 0 spiro atoms. The fourth-order valence-corrected chi connectivity index (χ4v) is 1.17. The summed E-state index contributed by atoms with van der Waals surface area (Å²) in [5.74, 6) is 0. The van der Waals surface area contributed by atoms with Gasteiger partial charge in [-0.25, -0.2) is 0 Å². The van der Waals surface area contributed by atoms with Crippen LogP contribution in [0.5, 0.6) is 0 Å². The largest absolute Gasteiger partial charge is 0.391 e. The van der Waals surface area contributed by atoms with Gasteiger partial charge in [-0.3, -0.25) is 0 Å². The molecule has 0 saturated carbocycles. The Morgan fingerprint density at radius 3 is 2.70 bits per heavy atom. The van der Waals surface area contributed by atoms with Crippen LogP contribution in [0.1, 0.15) is 19.8 Å². The van der Waals surface area contributed by atoms with Gasteiger partial charge in [-0.2, -0.15) is 0 Å². The maximum Gasteiger partial charge on any atom is 0.0832 e. The van der Waals surface area contributed by atoms with Crippen LogP contribution in [0.2, 0.25) is 0 Å². The second kappa shape index (κ2) is 3.32. The van der Waals surface area contributed by atoms with E-state index in [4.69, 9.17) is 15.6 Å². The summed E-state index contributed by atoms with van der Waals surface area (Å²) in [7, 11) is 0. The molecule has 1 heterocycles. The molecular formula is C7H15NO2. The van der Waals surface area contributed by atoms with Crippen LogP contribution in [0, 0.1) is 0 Å². The molecule has 1 aliphatic rings. The molecule has 3 nitrogen and oxygen atoms in total. The second-order valence-corrected chi connectivity index (χ2v) is 2.95. The van der Waals surface area contributed by atoms with E-state index in [1.54, 1.807) is 6.92 Å². The molecule has 3 heteroatoms. The Balaban J connectivity index is 2.26. The van der Waals surface area contributed by atoms with E-state index in [-0.39, 0.29) is 18.2 Å². The molecule has 1 rings (SSSR count). The number of rotatable bonds is 1. The van der Waals surface area contributed by atoms with E-state index in [0.717, 1.165) is 12.8 Å². The van der Waals surface area contributed by atoms with Gasteiger partial charge in [0.25, 0.3) is 0 Å². The predicted octanol–water partition coefficient (Wildman–Crippen LogP) is -0.127. The van der Waals surface area contributed by atoms with Gasteiger partial charge in [-0.05, 0) is 19.8 Å². The molecule has 0 radical (unpaired) electrons. The van der Waals surface area contributed by atoms with Gasteiger partial charge < -0.3 is 15.6 Å². The average molecular weight is 145 g/mol. The molecule has 10 heavy (non-hydrogen) atoms. The van der Waals surface area contributed by atoms with Crippen molar-refractivity contribution < 1.29 is 9.84 Å². The fourth-order valence-electron chi connectivity index (χ4n) is 1.17. The number of hydrogen-bond acceptors (Lipinski definition) is 3. The highest BCUT2D eigenvalue weighted by Crippen LogP contribution is 2.14. The number of aliphatic hydroxyl groups excluding tert-OH is 1. The molecule has 0 aromatic carbocycles. The van der Waals surface area contributed by atoms with Gasteiger partial charge >= 0.3 is 0 Å². The molecule has 1 aliphatic heterocycles. The fraction of sp³-hybridized carbons (Fsp3) is 1.00. The SMILES string of the molecule is C[C@@H](O)[C@@H]1CC[C@@H](N)CO1. The van der Waals surface area contributed by atoms with Crippen LogP contribution in [-0.2, 0) is 4.74 Å². The van der Waals surface area contributed by atoms with Crippen molar-refractivity contribution in [3.63, 3.8) is 0 Å². The van der Waals surface area contributed by atoms with Crippen LogP contribution in [0.25, 0.3) is 0 Å². The quantitative estimate of drug-likeness (QED) is 0.540. The lowest BCUT2D eigenvalue weighted by molar-refractivity contribution is -0.0608. The third kappa shape index (κ3) is 1.94. The average Bonchev–Trinajstić information content (AvgIpc) is 1.88. The highest BCUT2D eigenvalue weighted by molar-refractivity contribution is 4.74. The highest BCUT2D eigenvalue weighted by Gasteiger charge is 2.22. The van der Waals surface area contributed by atoms with Crippen LogP contribution < -0.4 is 5.73 Å². The molecule has 3 N–H and O–H groups in total. The van der Waals surface area contributed by atoms with Gasteiger partial charge in [0.05, 0.1) is 18.8 Å². The zero-order valence-corrected chi connectivity index (χ0v) is 6.29. The third-order valence-electron chi connectivity index (χ3n) is 1.88. The van der Waals surface area contributed by atoms with Crippen molar-refractivity contribution in [3.8, 4) is 0 Å². The first-order chi connectivity index (χ1) is 4.70. The van der Waals surface area contributed by atoms with Crippen LogP contribution >= 0.6 is 0 Å². The summed E-state index contributed by atoms with van der Waals surface area (Å²) in [6.07, 6.45) is 1.52. The number of nitrogens with two attached hydrogens (primary N) is 1. The molecule has 1 fully saturated rings. The van der Waals surface area contributed by atoms with Crippen LogP contribution in [0.3, 0.4) is 0 Å². The lowest BCUT2D eigenvalue weighted by Gasteiger charge is -2.28. The summed E-state index contributed by atoms with van der Waals surface area (Å²) >= 11 is 0. The lowest BCUT2D eigenvalue weighted by atomic mass is 10.0. The molecule has 0 amide bonds. The van der Waals surface area contributed by atoms with Crippen molar-refractivity contribution in [2.75, 3.05) is 6.61 Å². The van der Waals surface area contributed by atoms with Crippen LogP contribution in [-0.4, -0.2) is 30.0 Å². The summed E-state index contributed by atoms with van der Waals surface area (Å²) in [4.78, 5) is 0. The molecule has 0 unspecified atom stereocenters. The van der Waals surface area contributed by atoms with Crippen molar-refractivity contribution in [2.24, 2.45) is 5.73 Å². The summed E-state index contributed by atoms with van der Waals surface area (Å²) in [6.45, 7) is 2.34. The predicted molar refractivity (Wildman–Crippen MR) is 38.6 cm³/mol. The molecule has 0 aliphatic carbocycles. The summed E-state index contributed by atoms with van der Waals surface area (Å²) in [5.41, 5.74) is 5.59. The molecular weight excluding hydrogens is 130 g/mol.